The van der Waals surface area contributed by atoms with E-state index in [4.69, 9.17) is 0 Å². The molecule has 0 N–H and O–H groups in total. The minimum Gasteiger partial charge on any atom is -0.0622 e. The van der Waals surface area contributed by atoms with Crippen LogP contribution in [0.1, 0.15) is 0 Å². The van der Waals surface area contributed by atoms with E-state index in [0.29, 0.717) is 0 Å². The Bertz CT molecular complexity index is 10900. The molecule has 0 heterocycles. The number of benzene rings is 32. The first-order valence-electron chi connectivity index (χ1n) is 52.2. The minimum absolute atomic E-state index is 1.21. The summed E-state index contributed by atoms with van der Waals surface area (Å²) in [6.45, 7) is 0. The molecule has 0 bridgehead atoms. The molecule has 0 amide bonds. The molecule has 0 radical (unpaired) electrons. The number of hydrogen-bond acceptors (Lipinski definition) is 0. The summed E-state index contributed by atoms with van der Waals surface area (Å²) in [4.78, 5) is 0. The van der Waals surface area contributed by atoms with Crippen molar-refractivity contribution in [3.8, 4) is 122 Å². The third-order valence-corrected chi connectivity index (χ3v) is 32.3. The second kappa shape index (κ2) is 35.2. The van der Waals surface area contributed by atoms with Crippen molar-refractivity contribution in [3.63, 3.8) is 0 Å². The summed E-state index contributed by atoms with van der Waals surface area (Å²) in [5, 5.41) is 46.5. The van der Waals surface area contributed by atoms with E-state index >= 15 is 0 Å². The Balaban J connectivity index is 0.000000104. The van der Waals surface area contributed by atoms with Gasteiger partial charge in [-0.25, -0.2) is 0 Å². The summed E-state index contributed by atoms with van der Waals surface area (Å²) in [5.41, 5.74) is 27.5. The smallest absolute Gasteiger partial charge is 0.00206 e. The van der Waals surface area contributed by atoms with Crippen molar-refractivity contribution in [2.45, 2.75) is 0 Å². The zero-order valence-corrected chi connectivity index (χ0v) is 82.1. The Morgan fingerprint density at radius 2 is 0.273 bits per heavy atom. The third-order valence-electron chi connectivity index (χ3n) is 32.3. The fourth-order valence-corrected chi connectivity index (χ4v) is 25.5. The van der Waals surface area contributed by atoms with Crippen molar-refractivity contribution < 1.29 is 0 Å². The van der Waals surface area contributed by atoms with Crippen LogP contribution in [0.4, 0.5) is 0 Å². The lowest BCUT2D eigenvalue weighted by atomic mass is 9.83. The molecule has 0 aliphatic heterocycles. The highest BCUT2D eigenvalue weighted by atomic mass is 14.3. The van der Waals surface area contributed by atoms with Gasteiger partial charge in [0, 0.05) is 0 Å². The van der Waals surface area contributed by atoms with Gasteiger partial charge in [0.2, 0.25) is 0 Å². The van der Waals surface area contributed by atoms with Gasteiger partial charge in [-0.05, 0) is 347 Å². The largest absolute Gasteiger partial charge is 0.0622 e. The highest BCUT2D eigenvalue weighted by molar-refractivity contribution is 6.31. The molecule has 32 aromatic rings. The van der Waals surface area contributed by atoms with E-state index in [0.717, 1.165) is 0 Å². The topological polar surface area (TPSA) is 0 Å². The van der Waals surface area contributed by atoms with E-state index < -0.39 is 0 Å². The molecule has 0 atom stereocenters. The lowest BCUT2D eigenvalue weighted by molar-refractivity contribution is 1.59. The quantitative estimate of drug-likeness (QED) is 0.0894. The lowest BCUT2D eigenvalue weighted by Gasteiger charge is -2.20. The van der Waals surface area contributed by atoms with Crippen LogP contribution in [0.25, 0.3) is 316 Å². The number of hydrogen-bond donors (Lipinski definition) is 0. The normalized spacial score (nSPS) is 11.9. The molecule has 0 saturated heterocycles. The fourth-order valence-electron chi connectivity index (χ4n) is 25.5. The molecule has 692 valence electrons. The van der Waals surface area contributed by atoms with Crippen LogP contribution in [-0.4, -0.2) is 0 Å². The first-order valence-corrected chi connectivity index (χ1v) is 52.2. The van der Waals surface area contributed by atoms with E-state index in [1.165, 1.54) is 316 Å². The SMILES string of the molecule is c1cc(-c2ccc(-c3ccc4ccc5cccc6ccc3c4c56)cc2)cc(-c2c3ccccc3c(-c3ccc4ccccc4c3)c3ccccc23)c1.c1ccc(-c2ccc(-c3c4ccccc4c(-c4ccc5ccccc5c4)c4ccccc34)cc2-c2ccc3ccc4cccc5ccc2c3c45)cc1.c1ccc2cc(-c3c4ccccc4c(-c4ccc(-c5ccc6ccc7cccc8ccc5c6c78)cc4)c4ccccc34)ccc2c1. The van der Waals surface area contributed by atoms with Gasteiger partial charge in [-0.15, -0.1) is 0 Å². The molecule has 0 fully saturated rings. The van der Waals surface area contributed by atoms with E-state index in [1.807, 2.05) is 0 Å². The molecule has 32 aromatic carbocycles. The van der Waals surface area contributed by atoms with Gasteiger partial charge in [0.15, 0.2) is 0 Å². The van der Waals surface area contributed by atoms with E-state index in [9.17, 15) is 0 Å². The van der Waals surface area contributed by atoms with Gasteiger partial charge in [-0.1, -0.05) is 528 Å². The summed E-state index contributed by atoms with van der Waals surface area (Å²) in [5.74, 6) is 0. The number of rotatable bonds is 11. The van der Waals surface area contributed by atoms with Gasteiger partial charge >= 0.3 is 0 Å². The fraction of sp³-hybridized carbons (Fsp3) is 0. The van der Waals surface area contributed by atoms with Crippen LogP contribution in [0, 0.1) is 0 Å². The van der Waals surface area contributed by atoms with Gasteiger partial charge in [0.05, 0.1) is 0 Å². The van der Waals surface area contributed by atoms with Gasteiger partial charge < -0.3 is 0 Å². The number of fused-ring (bicyclic) bond motifs is 9. The van der Waals surface area contributed by atoms with Crippen molar-refractivity contribution in [2.24, 2.45) is 0 Å². The van der Waals surface area contributed by atoms with Crippen LogP contribution in [0.3, 0.4) is 0 Å². The molecule has 0 aromatic heterocycles. The Morgan fingerprint density at radius 3 is 0.620 bits per heavy atom. The van der Waals surface area contributed by atoms with Crippen LogP contribution >= 0.6 is 0 Å². The van der Waals surface area contributed by atoms with Gasteiger partial charge in [-0.2, -0.15) is 0 Å². The Labute approximate surface area is 867 Å². The van der Waals surface area contributed by atoms with Crippen molar-refractivity contribution in [2.75, 3.05) is 0 Å². The summed E-state index contributed by atoms with van der Waals surface area (Å²) >= 11 is 0. The van der Waals surface area contributed by atoms with Crippen LogP contribution in [0.2, 0.25) is 0 Å². The first kappa shape index (κ1) is 86.0. The van der Waals surface area contributed by atoms with Crippen LogP contribution < -0.4 is 0 Å². The summed E-state index contributed by atoms with van der Waals surface area (Å²) < 4.78 is 0. The minimum atomic E-state index is 1.21. The van der Waals surface area contributed by atoms with E-state index in [2.05, 4.69) is 558 Å². The van der Waals surface area contributed by atoms with Gasteiger partial charge in [0.1, 0.15) is 0 Å². The second-order valence-corrected chi connectivity index (χ2v) is 40.5. The van der Waals surface area contributed by atoms with Crippen molar-refractivity contribution >= 4 is 194 Å². The highest BCUT2D eigenvalue weighted by Gasteiger charge is 2.26. The maximum atomic E-state index is 2.46. The predicted molar refractivity (Wildman–Crippen MR) is 648 cm³/mol. The Kier molecular flexibility index (Phi) is 20.2. The second-order valence-electron chi connectivity index (χ2n) is 40.5. The van der Waals surface area contributed by atoms with Crippen LogP contribution in [0.5, 0.6) is 0 Å². The van der Waals surface area contributed by atoms with Crippen molar-refractivity contribution in [3.05, 3.63) is 558 Å². The zero-order valence-electron chi connectivity index (χ0n) is 82.1. The van der Waals surface area contributed by atoms with Crippen molar-refractivity contribution in [1.29, 1.82) is 0 Å². The maximum Gasteiger partial charge on any atom is -0.00206 e. The monoisotopic (exact) mass is 1890 g/mol. The van der Waals surface area contributed by atoms with Crippen LogP contribution in [-0.2, 0) is 0 Å². The molecule has 0 saturated carbocycles. The Morgan fingerprint density at radius 1 is 0.0733 bits per heavy atom. The lowest BCUT2D eigenvalue weighted by Crippen LogP contribution is -1.93. The average molecular weight is 1890 g/mol. The summed E-state index contributed by atoms with van der Waals surface area (Å²) in [6, 6.07) is 207. The molecule has 0 aliphatic rings. The van der Waals surface area contributed by atoms with Gasteiger partial charge in [-0.3, -0.25) is 0 Å². The summed E-state index contributed by atoms with van der Waals surface area (Å²) in [7, 11) is 0. The van der Waals surface area contributed by atoms with E-state index in [1.54, 1.807) is 0 Å². The Hall–Kier alpha value is -19.5. The molecule has 0 unspecified atom stereocenters. The molecule has 0 nitrogen and oxygen atoms in total. The van der Waals surface area contributed by atoms with Crippen LogP contribution in [0.15, 0.2) is 558 Å². The first-order chi connectivity index (χ1) is 74.4. The standard InChI is InChI=1S/2C52H32.C46H28/c1-2-10-39-32-42(26-21-33(39)9-1)51-46-17-5-3-15-44(46)50(45-16-4-6-18-47(45)51)41-14-8-13-40(31-41)34-19-22-35(23-20-34)43-29-27-38-25-24-36-11-7-12-37-28-30-48(43)52(38)49(36)37;1-2-12-34(13-3-1)41-28-27-40(32-48(41)42-29-25-37-23-22-35-15-10-16-36-26-30-47(42)52(37)49(35)36)51-45-19-8-6-17-43(45)50(44-18-7-9-20-46(44)51)39-24-21-33-11-4-5-14-38(33)31-39;1-2-9-35-28-36(23-16-29(35)8-1)45-40-14-5-3-12-38(40)44(39-13-4-6-15-41(39)45)33-19-17-30(18-20-33)37-26-24-34-22-21-31-10-7-11-32-25-27-42(37)46(34)43(31)32/h2*1-32H;1-28H. The molecular formula is C150H92. The molecular weight excluding hydrogens is 1800 g/mol. The molecule has 0 aliphatic carbocycles. The predicted octanol–water partition coefficient (Wildman–Crippen LogP) is 42.5. The molecule has 150 heavy (non-hydrogen) atoms. The zero-order chi connectivity index (χ0) is 98.5. The highest BCUT2D eigenvalue weighted by Crippen LogP contribution is 2.53. The van der Waals surface area contributed by atoms with E-state index in [-0.39, 0.29) is 0 Å². The van der Waals surface area contributed by atoms with Gasteiger partial charge in [0.25, 0.3) is 0 Å². The third kappa shape index (κ3) is 14.1. The maximum absolute atomic E-state index is 2.46. The molecule has 32 rings (SSSR count). The molecule has 0 spiro atoms. The summed E-state index contributed by atoms with van der Waals surface area (Å²) in [6.07, 6.45) is 0. The van der Waals surface area contributed by atoms with Crippen molar-refractivity contribution in [1.82, 2.24) is 0 Å². The average Bonchev–Trinajstić information content (AvgIpc) is 0.760. The molecule has 0 heteroatoms.